The average Bonchev–Trinajstić information content (AvgIpc) is 2.89. The van der Waals surface area contributed by atoms with Crippen molar-refractivity contribution in [3.63, 3.8) is 0 Å². The molecular weight excluding hydrogens is 664 g/mol. The fraction of sp³-hybridized carbons (Fsp3) is 0.129. The summed E-state index contributed by atoms with van der Waals surface area (Å²) in [5.41, 5.74) is 7.40. The van der Waals surface area contributed by atoms with Gasteiger partial charge < -0.3 is 4.98 Å². The summed E-state index contributed by atoms with van der Waals surface area (Å²) in [6, 6.07) is 26.7. The molecule has 5 rings (SSSR count). The maximum absolute atomic E-state index is 12.4. The molecule has 0 atom stereocenters. The van der Waals surface area contributed by atoms with E-state index in [9.17, 15) is 13.2 Å². The molecule has 0 bridgehead atoms. The number of pyridine rings is 1. The van der Waals surface area contributed by atoms with Crippen LogP contribution >= 0.6 is 0 Å². The van der Waals surface area contributed by atoms with Crippen molar-refractivity contribution in [3.8, 4) is 33.8 Å². The van der Waals surface area contributed by atoms with Crippen LogP contribution in [0.1, 0.15) is 22.3 Å². The second-order valence-corrected chi connectivity index (χ2v) is 8.54. The summed E-state index contributed by atoms with van der Waals surface area (Å²) in [5, 5.41) is 0. The summed E-state index contributed by atoms with van der Waals surface area (Å²) >= 11 is 0. The summed E-state index contributed by atoms with van der Waals surface area (Å²) in [7, 11) is 0. The number of hydrogen-bond donors (Lipinski definition) is 0. The van der Waals surface area contributed by atoms with E-state index in [-0.39, 0.29) is 20.1 Å². The topological polar surface area (TPSA) is 38.7 Å². The number of alkyl halides is 3. The Kier molecular flexibility index (Phi) is 9.67. The molecule has 7 heteroatoms. The second-order valence-electron chi connectivity index (χ2n) is 8.54. The van der Waals surface area contributed by atoms with E-state index in [2.05, 4.69) is 72.1 Å². The van der Waals surface area contributed by atoms with Crippen LogP contribution in [0.25, 0.3) is 33.8 Å². The third kappa shape index (κ3) is 7.21. The molecule has 0 aliphatic heterocycles. The molecule has 2 aromatic heterocycles. The molecule has 0 aliphatic carbocycles. The van der Waals surface area contributed by atoms with Crippen LogP contribution in [0.5, 0.6) is 0 Å². The van der Waals surface area contributed by atoms with Gasteiger partial charge in [-0.05, 0) is 60.9 Å². The van der Waals surface area contributed by atoms with Crippen LogP contribution in [0.3, 0.4) is 0 Å². The standard InChI is InChI=1S/C19H17N2.C12H7F3N.Ir/c1-13-10-14(2)18(15(3)11-13)16-6-4-7-17(12-16)19-20-8-5-9-21-19;13-12(14,15)10-5-3-4-9(8-10)11-6-1-2-7-16-11;/h4-6,8-12H,1-3H3;1-3,5-8H;/q2*-1;. The molecule has 0 amide bonds. The van der Waals surface area contributed by atoms with Gasteiger partial charge in [0.05, 0.1) is 5.82 Å². The molecular formula is C31H24F3IrN3-2. The summed E-state index contributed by atoms with van der Waals surface area (Å²) in [5.74, 6) is 0.710. The van der Waals surface area contributed by atoms with Crippen LogP contribution in [0.2, 0.25) is 0 Å². The zero-order valence-electron chi connectivity index (χ0n) is 21.0. The van der Waals surface area contributed by atoms with Gasteiger partial charge in [-0.25, -0.2) is 0 Å². The first-order valence-corrected chi connectivity index (χ1v) is 11.6. The van der Waals surface area contributed by atoms with Crippen molar-refractivity contribution in [3.05, 3.63) is 126 Å². The number of aryl methyl sites for hydroxylation is 3. The van der Waals surface area contributed by atoms with E-state index in [0.29, 0.717) is 17.1 Å². The van der Waals surface area contributed by atoms with Gasteiger partial charge in [-0.1, -0.05) is 29.8 Å². The molecule has 0 saturated heterocycles. The van der Waals surface area contributed by atoms with E-state index >= 15 is 0 Å². The van der Waals surface area contributed by atoms with Gasteiger partial charge in [-0.15, -0.1) is 65.2 Å². The first-order valence-electron chi connectivity index (χ1n) is 11.6. The SMILES string of the molecule is Cc1cc(C)c(-c2cc[c-]c(-c3ncccn3)c2)c(C)c1.FC(F)(F)c1cc[c-]c(-c2ccccn2)c1.[Ir]. The predicted octanol–water partition coefficient (Wildman–Crippen LogP) is 8.10. The molecule has 2 heterocycles. The molecule has 1 radical (unpaired) electrons. The maximum Gasteiger partial charge on any atom is 0.399 e. The van der Waals surface area contributed by atoms with Gasteiger partial charge in [0.25, 0.3) is 0 Å². The smallest absolute Gasteiger partial charge is 0.305 e. The Balaban J connectivity index is 0.000000213. The van der Waals surface area contributed by atoms with E-state index < -0.39 is 11.7 Å². The molecule has 38 heavy (non-hydrogen) atoms. The van der Waals surface area contributed by atoms with Crippen molar-refractivity contribution in [2.24, 2.45) is 0 Å². The molecule has 0 saturated carbocycles. The molecule has 0 N–H and O–H groups in total. The van der Waals surface area contributed by atoms with Gasteiger partial charge >= 0.3 is 6.18 Å². The summed E-state index contributed by atoms with van der Waals surface area (Å²) < 4.78 is 37.3. The number of aromatic nitrogens is 3. The zero-order valence-corrected chi connectivity index (χ0v) is 23.4. The van der Waals surface area contributed by atoms with Gasteiger partial charge in [0.2, 0.25) is 0 Å². The first kappa shape index (κ1) is 28.9. The van der Waals surface area contributed by atoms with Crippen LogP contribution in [0.15, 0.2) is 91.4 Å². The number of benzene rings is 3. The molecule has 3 nitrogen and oxygen atoms in total. The van der Waals surface area contributed by atoms with Crippen LogP contribution in [-0.2, 0) is 26.3 Å². The van der Waals surface area contributed by atoms with E-state index in [4.69, 9.17) is 0 Å². The summed E-state index contributed by atoms with van der Waals surface area (Å²) in [4.78, 5) is 12.6. The summed E-state index contributed by atoms with van der Waals surface area (Å²) in [6.45, 7) is 6.45. The number of hydrogen-bond acceptors (Lipinski definition) is 3. The third-order valence-electron chi connectivity index (χ3n) is 5.64. The van der Waals surface area contributed by atoms with E-state index in [0.717, 1.165) is 17.7 Å². The average molecular weight is 688 g/mol. The Morgan fingerprint density at radius 1 is 0.684 bits per heavy atom. The molecule has 0 aliphatic rings. The molecule has 3 aromatic carbocycles. The van der Waals surface area contributed by atoms with Crippen LogP contribution in [0, 0.1) is 32.9 Å². The van der Waals surface area contributed by atoms with Gasteiger partial charge in [0.15, 0.2) is 0 Å². The monoisotopic (exact) mass is 688 g/mol. The Morgan fingerprint density at radius 3 is 1.95 bits per heavy atom. The van der Waals surface area contributed by atoms with E-state index in [1.165, 1.54) is 40.1 Å². The molecule has 0 spiro atoms. The summed E-state index contributed by atoms with van der Waals surface area (Å²) in [6.07, 6.45) is 0.707. The Bertz CT molecular complexity index is 1460. The zero-order chi connectivity index (χ0) is 26.4. The second kappa shape index (κ2) is 12.7. The maximum atomic E-state index is 12.4. The van der Waals surface area contributed by atoms with E-state index in [1.807, 2.05) is 12.1 Å². The predicted molar refractivity (Wildman–Crippen MR) is 139 cm³/mol. The largest absolute Gasteiger partial charge is 0.399 e. The van der Waals surface area contributed by atoms with Gasteiger partial charge in [-0.3, -0.25) is 9.97 Å². The molecule has 0 fully saturated rings. The molecule has 195 valence electrons. The quantitative estimate of drug-likeness (QED) is 0.180. The Labute approximate surface area is 234 Å². The minimum absolute atomic E-state index is 0. The molecule has 0 unspecified atom stereocenters. The van der Waals surface area contributed by atoms with Gasteiger partial charge in [0.1, 0.15) is 0 Å². The number of halogens is 3. The van der Waals surface area contributed by atoms with Crippen molar-refractivity contribution in [1.82, 2.24) is 15.0 Å². The van der Waals surface area contributed by atoms with Crippen molar-refractivity contribution >= 4 is 0 Å². The number of rotatable bonds is 3. The van der Waals surface area contributed by atoms with E-state index in [1.54, 1.807) is 30.6 Å². The van der Waals surface area contributed by atoms with Crippen molar-refractivity contribution in [1.29, 1.82) is 0 Å². The fourth-order valence-corrected chi connectivity index (χ4v) is 4.14. The Morgan fingerprint density at radius 2 is 1.32 bits per heavy atom. The van der Waals surface area contributed by atoms with Gasteiger partial charge in [0, 0.05) is 38.7 Å². The molecule has 5 aromatic rings. The first-order chi connectivity index (χ1) is 17.7. The number of nitrogens with zero attached hydrogens (tertiary/aromatic N) is 3. The van der Waals surface area contributed by atoms with Crippen LogP contribution in [0.4, 0.5) is 13.2 Å². The van der Waals surface area contributed by atoms with Crippen molar-refractivity contribution in [2.75, 3.05) is 0 Å². The van der Waals surface area contributed by atoms with Crippen LogP contribution < -0.4 is 0 Å². The van der Waals surface area contributed by atoms with Crippen LogP contribution in [-0.4, -0.2) is 15.0 Å². The normalized spacial score (nSPS) is 10.7. The third-order valence-corrected chi connectivity index (χ3v) is 5.64. The Hall–Kier alpha value is -3.67. The minimum Gasteiger partial charge on any atom is -0.305 e. The van der Waals surface area contributed by atoms with Crippen molar-refractivity contribution in [2.45, 2.75) is 26.9 Å². The minimum atomic E-state index is -4.33. The fourth-order valence-electron chi connectivity index (χ4n) is 4.14. The van der Waals surface area contributed by atoms with Gasteiger partial charge in [-0.2, -0.15) is 13.2 Å². The van der Waals surface area contributed by atoms with Crippen molar-refractivity contribution < 1.29 is 33.3 Å².